The van der Waals surface area contributed by atoms with E-state index < -0.39 is 34.2 Å². The van der Waals surface area contributed by atoms with Crippen LogP contribution in [0.25, 0.3) is 0 Å². The number of non-ortho nitro benzene ring substituents is 1. The number of benzene rings is 1. The van der Waals surface area contributed by atoms with Crippen molar-refractivity contribution in [2.45, 2.75) is 6.92 Å². The molecule has 1 aliphatic rings. The molecular formula is C12H7ClN2O6. The van der Waals surface area contributed by atoms with Crippen molar-refractivity contribution < 1.29 is 24.1 Å². The van der Waals surface area contributed by atoms with Crippen molar-refractivity contribution >= 4 is 46.4 Å². The van der Waals surface area contributed by atoms with E-state index in [1.165, 1.54) is 0 Å². The Balaban J connectivity index is 2.50. The van der Waals surface area contributed by atoms with Gasteiger partial charge in [-0.3, -0.25) is 29.3 Å². The Morgan fingerprint density at radius 3 is 2.38 bits per heavy atom. The van der Waals surface area contributed by atoms with Crippen molar-refractivity contribution in [3.05, 3.63) is 33.3 Å². The van der Waals surface area contributed by atoms with Gasteiger partial charge < -0.3 is 0 Å². The standard InChI is InChI=1S/C12H7ClN2O6/c1-5(16)9-10(17)12(19)14(11(9)18)8-3-2-6(15(20)21)4-7(8)13/h2-4,9H,1H3. The first-order valence-corrected chi connectivity index (χ1v) is 6.00. The van der Waals surface area contributed by atoms with E-state index in [4.69, 9.17) is 11.6 Å². The lowest BCUT2D eigenvalue weighted by Gasteiger charge is -2.14. The maximum Gasteiger partial charge on any atom is 0.302 e. The monoisotopic (exact) mass is 310 g/mol. The zero-order valence-corrected chi connectivity index (χ0v) is 11.3. The Hall–Kier alpha value is -2.61. The molecule has 0 radical (unpaired) electrons. The average molecular weight is 311 g/mol. The van der Waals surface area contributed by atoms with Gasteiger partial charge in [-0.25, -0.2) is 4.90 Å². The van der Waals surface area contributed by atoms with E-state index in [1.54, 1.807) is 0 Å². The molecule has 0 spiro atoms. The van der Waals surface area contributed by atoms with Crippen LogP contribution in [0.1, 0.15) is 6.92 Å². The molecule has 1 aliphatic heterocycles. The number of carbonyl (C=O) groups is 4. The number of halogens is 1. The Labute approximate surface area is 122 Å². The molecule has 8 nitrogen and oxygen atoms in total. The van der Waals surface area contributed by atoms with Crippen LogP contribution in [-0.2, 0) is 19.2 Å². The summed E-state index contributed by atoms with van der Waals surface area (Å²) < 4.78 is 0. The highest BCUT2D eigenvalue weighted by molar-refractivity contribution is 6.60. The van der Waals surface area contributed by atoms with Gasteiger partial charge >= 0.3 is 5.91 Å². The van der Waals surface area contributed by atoms with Gasteiger partial charge in [-0.05, 0) is 13.0 Å². The van der Waals surface area contributed by atoms with Crippen LogP contribution >= 0.6 is 11.6 Å². The molecule has 1 fully saturated rings. The van der Waals surface area contributed by atoms with Crippen LogP contribution in [0.4, 0.5) is 11.4 Å². The van der Waals surface area contributed by atoms with Gasteiger partial charge in [-0.1, -0.05) is 11.6 Å². The first kappa shape index (κ1) is 14.8. The van der Waals surface area contributed by atoms with Crippen molar-refractivity contribution in [1.82, 2.24) is 0 Å². The minimum Gasteiger partial charge on any atom is -0.299 e. The number of nitro benzene ring substituents is 1. The fourth-order valence-electron chi connectivity index (χ4n) is 1.95. The number of Topliss-reactive ketones (excluding diaryl/α,β-unsaturated/α-hetero) is 2. The molecule has 0 aromatic heterocycles. The number of nitrogens with zero attached hydrogens (tertiary/aromatic N) is 2. The predicted molar refractivity (Wildman–Crippen MR) is 69.8 cm³/mol. The van der Waals surface area contributed by atoms with E-state index in [0.29, 0.717) is 4.90 Å². The fourth-order valence-corrected chi connectivity index (χ4v) is 2.21. The molecule has 1 aromatic rings. The van der Waals surface area contributed by atoms with Crippen LogP contribution < -0.4 is 4.90 Å². The Bertz CT molecular complexity index is 714. The molecular weight excluding hydrogens is 304 g/mol. The van der Waals surface area contributed by atoms with Crippen LogP contribution in [-0.4, -0.2) is 28.3 Å². The summed E-state index contributed by atoms with van der Waals surface area (Å²) in [5.41, 5.74) is -0.508. The minimum absolute atomic E-state index is 0.172. The SMILES string of the molecule is CC(=O)C1C(=O)C(=O)N(c2ccc([N+](=O)[O-])cc2Cl)C1=O. The van der Waals surface area contributed by atoms with Crippen molar-refractivity contribution in [2.75, 3.05) is 4.90 Å². The Morgan fingerprint density at radius 1 is 1.33 bits per heavy atom. The van der Waals surface area contributed by atoms with Gasteiger partial charge in [0.2, 0.25) is 5.78 Å². The number of hydrogen-bond donors (Lipinski definition) is 0. The lowest BCUT2D eigenvalue weighted by atomic mass is 10.0. The number of amides is 2. The number of imide groups is 1. The van der Waals surface area contributed by atoms with Gasteiger partial charge in [0.1, 0.15) is 5.78 Å². The van der Waals surface area contributed by atoms with Crippen LogP contribution in [0.2, 0.25) is 5.02 Å². The topological polar surface area (TPSA) is 115 Å². The molecule has 0 saturated carbocycles. The zero-order valence-electron chi connectivity index (χ0n) is 10.5. The molecule has 1 heterocycles. The van der Waals surface area contributed by atoms with E-state index in [2.05, 4.69) is 0 Å². The van der Waals surface area contributed by atoms with Crippen molar-refractivity contribution in [3.8, 4) is 0 Å². The smallest absolute Gasteiger partial charge is 0.299 e. The van der Waals surface area contributed by atoms with E-state index in [0.717, 1.165) is 25.1 Å². The summed E-state index contributed by atoms with van der Waals surface area (Å²) in [6, 6.07) is 3.06. The summed E-state index contributed by atoms with van der Waals surface area (Å²) in [4.78, 5) is 57.1. The van der Waals surface area contributed by atoms with Gasteiger partial charge in [0.05, 0.1) is 15.6 Å². The van der Waals surface area contributed by atoms with Crippen molar-refractivity contribution in [2.24, 2.45) is 5.92 Å². The average Bonchev–Trinajstić information content (AvgIpc) is 2.61. The van der Waals surface area contributed by atoms with Gasteiger partial charge in [0, 0.05) is 12.1 Å². The van der Waals surface area contributed by atoms with Crippen LogP contribution in [0, 0.1) is 16.0 Å². The molecule has 2 rings (SSSR count). The largest absolute Gasteiger partial charge is 0.302 e. The Kier molecular flexibility index (Phi) is 3.56. The second-order valence-electron chi connectivity index (χ2n) is 4.28. The molecule has 2 amide bonds. The molecule has 9 heteroatoms. The highest BCUT2D eigenvalue weighted by Gasteiger charge is 2.50. The first-order chi connectivity index (χ1) is 9.75. The fraction of sp³-hybridized carbons (Fsp3) is 0.167. The number of ketones is 2. The molecule has 1 aromatic carbocycles. The number of hydrogen-bond acceptors (Lipinski definition) is 6. The predicted octanol–water partition coefficient (Wildman–Crippen LogP) is 0.896. The lowest BCUT2D eigenvalue weighted by molar-refractivity contribution is -0.384. The maximum absolute atomic E-state index is 12.0. The van der Waals surface area contributed by atoms with Crippen LogP contribution in [0.15, 0.2) is 18.2 Å². The molecule has 1 unspecified atom stereocenters. The van der Waals surface area contributed by atoms with Crippen LogP contribution in [0.5, 0.6) is 0 Å². The van der Waals surface area contributed by atoms with Crippen LogP contribution in [0.3, 0.4) is 0 Å². The van der Waals surface area contributed by atoms with E-state index >= 15 is 0 Å². The third-order valence-corrected chi connectivity index (χ3v) is 3.24. The first-order valence-electron chi connectivity index (χ1n) is 5.62. The molecule has 0 bridgehead atoms. The quantitative estimate of drug-likeness (QED) is 0.269. The Morgan fingerprint density at radius 2 is 1.95 bits per heavy atom. The second kappa shape index (κ2) is 5.06. The van der Waals surface area contributed by atoms with Gasteiger partial charge in [-0.2, -0.15) is 0 Å². The van der Waals surface area contributed by atoms with Gasteiger partial charge in [-0.15, -0.1) is 0 Å². The summed E-state index contributed by atoms with van der Waals surface area (Å²) >= 11 is 5.81. The maximum atomic E-state index is 12.0. The second-order valence-corrected chi connectivity index (χ2v) is 4.69. The highest BCUT2D eigenvalue weighted by atomic mass is 35.5. The summed E-state index contributed by atoms with van der Waals surface area (Å²) in [5, 5.41) is 10.4. The highest BCUT2D eigenvalue weighted by Crippen LogP contribution is 2.33. The molecule has 0 N–H and O–H groups in total. The van der Waals surface area contributed by atoms with E-state index in [1.807, 2.05) is 0 Å². The number of nitro groups is 1. The van der Waals surface area contributed by atoms with Gasteiger partial charge in [0.25, 0.3) is 11.6 Å². The van der Waals surface area contributed by atoms with E-state index in [9.17, 15) is 29.3 Å². The number of anilines is 1. The summed E-state index contributed by atoms with van der Waals surface area (Å²) in [6.45, 7) is 1.02. The summed E-state index contributed by atoms with van der Waals surface area (Å²) in [7, 11) is 0. The molecule has 21 heavy (non-hydrogen) atoms. The van der Waals surface area contributed by atoms with E-state index in [-0.39, 0.29) is 16.4 Å². The zero-order chi connectivity index (χ0) is 15.9. The summed E-state index contributed by atoms with van der Waals surface area (Å²) in [5.74, 6) is -5.76. The number of rotatable bonds is 3. The summed E-state index contributed by atoms with van der Waals surface area (Å²) in [6.07, 6.45) is 0. The number of carbonyl (C=O) groups excluding carboxylic acids is 4. The minimum atomic E-state index is -1.68. The molecule has 1 atom stereocenters. The third kappa shape index (κ3) is 2.29. The molecule has 0 aliphatic carbocycles. The molecule has 1 saturated heterocycles. The lowest BCUT2D eigenvalue weighted by Crippen LogP contribution is -2.32. The normalized spacial score (nSPS) is 18.3. The third-order valence-electron chi connectivity index (χ3n) is 2.93. The van der Waals surface area contributed by atoms with Crippen molar-refractivity contribution in [1.29, 1.82) is 0 Å². The van der Waals surface area contributed by atoms with Gasteiger partial charge in [0.15, 0.2) is 5.92 Å². The molecule has 108 valence electrons. The van der Waals surface area contributed by atoms with Crippen molar-refractivity contribution in [3.63, 3.8) is 0 Å².